The lowest BCUT2D eigenvalue weighted by molar-refractivity contribution is 0.356. The van der Waals surface area contributed by atoms with Crippen molar-refractivity contribution in [3.05, 3.63) is 65.6 Å². The smallest absolute Gasteiger partial charge is 0.209 e. The van der Waals surface area contributed by atoms with E-state index in [4.69, 9.17) is 4.74 Å². The van der Waals surface area contributed by atoms with Crippen molar-refractivity contribution >= 4 is 21.3 Å². The average Bonchev–Trinajstić information content (AvgIpc) is 3.41. The van der Waals surface area contributed by atoms with Crippen molar-refractivity contribution in [3.8, 4) is 16.9 Å². The second-order valence-corrected chi connectivity index (χ2v) is 9.61. The Kier molecular flexibility index (Phi) is 4.81. The third kappa shape index (κ3) is 3.46. The zero-order valence-electron chi connectivity index (χ0n) is 17.5. The molecule has 0 fully saturated rings. The molecule has 1 aromatic carbocycles. The topological polar surface area (TPSA) is 98.5 Å². The summed E-state index contributed by atoms with van der Waals surface area (Å²) >= 11 is 0. The van der Waals surface area contributed by atoms with Gasteiger partial charge in [-0.3, -0.25) is 9.38 Å². The Morgan fingerprint density at radius 3 is 2.75 bits per heavy atom. The van der Waals surface area contributed by atoms with Gasteiger partial charge < -0.3 is 10.1 Å². The lowest BCUT2D eigenvalue weighted by Crippen LogP contribution is -2.10. The maximum absolute atomic E-state index is 14.5. The number of nitrogens with zero attached hydrogens (tertiary/aromatic N) is 4. The van der Waals surface area contributed by atoms with Crippen LogP contribution in [0.1, 0.15) is 16.8 Å². The Morgan fingerprint density at radius 2 is 2.00 bits per heavy atom. The summed E-state index contributed by atoms with van der Waals surface area (Å²) in [6, 6.07) is 6.72. The average molecular weight is 453 g/mol. The van der Waals surface area contributed by atoms with E-state index in [2.05, 4.69) is 20.3 Å². The first-order valence-electron chi connectivity index (χ1n) is 9.99. The molecule has 0 radical (unpaired) electrons. The van der Waals surface area contributed by atoms with Crippen LogP contribution in [-0.4, -0.2) is 40.6 Å². The maximum Gasteiger partial charge on any atom is 0.209 e. The summed E-state index contributed by atoms with van der Waals surface area (Å²) in [6.07, 6.45) is 6.40. The molecule has 1 aliphatic heterocycles. The van der Waals surface area contributed by atoms with Crippen molar-refractivity contribution in [1.82, 2.24) is 19.4 Å². The number of ether oxygens (including phenoxy) is 1. The first kappa shape index (κ1) is 20.4. The Morgan fingerprint density at radius 1 is 1.16 bits per heavy atom. The number of benzene rings is 1. The summed E-state index contributed by atoms with van der Waals surface area (Å²) < 4.78 is 46.4. The van der Waals surface area contributed by atoms with E-state index in [-0.39, 0.29) is 17.4 Å². The van der Waals surface area contributed by atoms with Gasteiger partial charge in [0.2, 0.25) is 5.95 Å². The number of hydrogen-bond donors (Lipinski definition) is 1. The molecule has 4 heterocycles. The molecule has 0 saturated carbocycles. The number of rotatable bonds is 5. The summed E-state index contributed by atoms with van der Waals surface area (Å²) in [5.41, 5.74) is 3.87. The zero-order valence-corrected chi connectivity index (χ0v) is 18.3. The van der Waals surface area contributed by atoms with E-state index in [9.17, 15) is 12.8 Å². The van der Waals surface area contributed by atoms with Crippen molar-refractivity contribution in [2.45, 2.75) is 24.9 Å². The summed E-state index contributed by atoms with van der Waals surface area (Å²) in [6.45, 7) is 2.56. The van der Waals surface area contributed by atoms with Crippen LogP contribution in [0.15, 0.2) is 48.0 Å². The first-order valence-corrected chi connectivity index (χ1v) is 11.9. The molecule has 1 N–H and O–H groups in total. The van der Waals surface area contributed by atoms with Gasteiger partial charge in [-0.2, -0.15) is 0 Å². The molecule has 0 amide bonds. The predicted molar refractivity (Wildman–Crippen MR) is 117 cm³/mol. The van der Waals surface area contributed by atoms with E-state index in [1.807, 2.05) is 19.1 Å². The number of hydrogen-bond acceptors (Lipinski definition) is 7. The zero-order chi connectivity index (χ0) is 22.5. The lowest BCUT2D eigenvalue weighted by Gasteiger charge is -2.13. The SMILES string of the molecule is Cc1ccc(-c2cnc(NCc3c(F)ccc4c3CCO4)n3cnc(S(C)(=O)=O)c23)cn1. The number of nitrogens with one attached hydrogen (secondary N) is 1. The van der Waals surface area contributed by atoms with Crippen LogP contribution < -0.4 is 10.1 Å². The Hall–Kier alpha value is -3.53. The Labute approximate surface area is 184 Å². The fourth-order valence-corrected chi connectivity index (χ4v) is 4.70. The molecular weight excluding hydrogens is 433 g/mol. The van der Waals surface area contributed by atoms with Gasteiger partial charge in [-0.15, -0.1) is 0 Å². The molecule has 0 bridgehead atoms. The quantitative estimate of drug-likeness (QED) is 0.496. The second kappa shape index (κ2) is 7.56. The molecule has 164 valence electrons. The van der Waals surface area contributed by atoms with Crippen molar-refractivity contribution in [3.63, 3.8) is 0 Å². The van der Waals surface area contributed by atoms with Crippen LogP contribution in [0.25, 0.3) is 16.6 Å². The van der Waals surface area contributed by atoms with E-state index in [0.29, 0.717) is 46.9 Å². The number of halogens is 1. The van der Waals surface area contributed by atoms with Gasteiger partial charge in [-0.05, 0) is 25.1 Å². The molecule has 0 unspecified atom stereocenters. The number of imidazole rings is 1. The summed E-state index contributed by atoms with van der Waals surface area (Å²) in [5.74, 6) is 0.704. The fourth-order valence-electron chi connectivity index (χ4n) is 3.90. The van der Waals surface area contributed by atoms with E-state index >= 15 is 0 Å². The summed E-state index contributed by atoms with van der Waals surface area (Å²) in [4.78, 5) is 12.9. The second-order valence-electron chi connectivity index (χ2n) is 7.68. The van der Waals surface area contributed by atoms with Crippen molar-refractivity contribution < 1.29 is 17.5 Å². The Balaban J connectivity index is 1.60. The number of sulfone groups is 1. The van der Waals surface area contributed by atoms with E-state index in [1.54, 1.807) is 22.9 Å². The first-order chi connectivity index (χ1) is 15.3. The fraction of sp³-hybridized carbons (Fsp3) is 0.227. The van der Waals surface area contributed by atoms with Crippen molar-refractivity contribution in [2.75, 3.05) is 18.2 Å². The Bertz CT molecular complexity index is 1450. The van der Waals surface area contributed by atoms with Gasteiger partial charge in [0, 0.05) is 59.6 Å². The van der Waals surface area contributed by atoms with Gasteiger partial charge in [0.15, 0.2) is 14.9 Å². The number of fused-ring (bicyclic) bond motifs is 2. The van der Waals surface area contributed by atoms with Gasteiger partial charge in [0.1, 0.15) is 17.9 Å². The molecule has 0 atom stereocenters. The number of pyridine rings is 1. The minimum atomic E-state index is -3.61. The molecule has 4 aromatic rings. The van der Waals surface area contributed by atoms with Crippen LogP contribution in [0, 0.1) is 12.7 Å². The maximum atomic E-state index is 14.5. The lowest BCUT2D eigenvalue weighted by atomic mass is 10.0. The van der Waals surface area contributed by atoms with Crippen LogP contribution >= 0.6 is 0 Å². The van der Waals surface area contributed by atoms with Crippen LogP contribution in [0.3, 0.4) is 0 Å². The van der Waals surface area contributed by atoms with Crippen LogP contribution in [0.4, 0.5) is 10.3 Å². The predicted octanol–water partition coefficient (Wildman–Crippen LogP) is 3.19. The van der Waals surface area contributed by atoms with E-state index in [0.717, 1.165) is 17.5 Å². The number of aryl methyl sites for hydroxylation is 1. The monoisotopic (exact) mass is 453 g/mol. The highest BCUT2D eigenvalue weighted by Crippen LogP contribution is 2.32. The molecule has 32 heavy (non-hydrogen) atoms. The molecular formula is C22H20FN5O3S. The summed E-state index contributed by atoms with van der Waals surface area (Å²) in [5, 5.41) is 3.08. The number of anilines is 1. The third-order valence-corrected chi connectivity index (χ3v) is 6.47. The van der Waals surface area contributed by atoms with Gasteiger partial charge in [0.05, 0.1) is 12.1 Å². The normalized spacial score (nSPS) is 13.2. The van der Waals surface area contributed by atoms with Crippen molar-refractivity contribution in [1.29, 1.82) is 0 Å². The highest BCUT2D eigenvalue weighted by molar-refractivity contribution is 7.90. The standard InChI is InChI=1S/C22H20FN5O3S/c1-13-3-4-14(9-24-13)16-10-25-22(28-12-27-21(20(16)28)32(2,29)30)26-11-17-15-7-8-31-19(15)6-5-18(17)23/h3-6,9-10,12H,7-8,11H2,1-2H3,(H,25,26). The van der Waals surface area contributed by atoms with Gasteiger partial charge in [0.25, 0.3) is 0 Å². The number of aromatic nitrogens is 4. The summed E-state index contributed by atoms with van der Waals surface area (Å²) in [7, 11) is -3.61. The van der Waals surface area contributed by atoms with E-state index < -0.39 is 9.84 Å². The highest BCUT2D eigenvalue weighted by atomic mass is 32.2. The molecule has 1 aliphatic rings. The third-order valence-electron chi connectivity index (χ3n) is 5.47. The van der Waals surface area contributed by atoms with Crippen molar-refractivity contribution in [2.24, 2.45) is 0 Å². The van der Waals surface area contributed by atoms with E-state index in [1.165, 1.54) is 12.4 Å². The molecule has 0 aliphatic carbocycles. The molecule has 3 aromatic heterocycles. The molecule has 10 heteroatoms. The highest BCUT2D eigenvalue weighted by Gasteiger charge is 2.23. The van der Waals surface area contributed by atoms with Gasteiger partial charge in [-0.25, -0.2) is 22.8 Å². The van der Waals surface area contributed by atoms with Crippen LogP contribution in [-0.2, 0) is 22.8 Å². The molecule has 0 saturated heterocycles. The van der Waals surface area contributed by atoms with Crippen LogP contribution in [0.2, 0.25) is 0 Å². The molecule has 5 rings (SSSR count). The minimum Gasteiger partial charge on any atom is -0.493 e. The van der Waals surface area contributed by atoms with Crippen LogP contribution in [0.5, 0.6) is 5.75 Å². The minimum absolute atomic E-state index is 0.0568. The largest absolute Gasteiger partial charge is 0.493 e. The van der Waals surface area contributed by atoms with Gasteiger partial charge in [-0.1, -0.05) is 6.07 Å². The van der Waals surface area contributed by atoms with Gasteiger partial charge >= 0.3 is 0 Å². The molecule has 0 spiro atoms. The molecule has 8 nitrogen and oxygen atoms in total.